The first-order valence-corrected chi connectivity index (χ1v) is 11.3. The molecule has 0 aliphatic heterocycles. The smallest absolute Gasteiger partial charge is 0.278 e. The fraction of sp³-hybridized carbons (Fsp3) is 0.211. The summed E-state index contributed by atoms with van der Waals surface area (Å²) >= 11 is 2.04. The lowest BCUT2D eigenvalue weighted by molar-refractivity contribution is -0.385. The Balaban J connectivity index is 2.07. The van der Waals surface area contributed by atoms with Crippen LogP contribution in [0.3, 0.4) is 0 Å². The molecule has 1 unspecified atom stereocenters. The summed E-state index contributed by atoms with van der Waals surface area (Å²) in [4.78, 5) is 15.1. The summed E-state index contributed by atoms with van der Waals surface area (Å²) in [5.74, 6) is 1.97. The maximum Gasteiger partial charge on any atom is 0.278 e. The van der Waals surface area contributed by atoms with Crippen LogP contribution in [-0.4, -0.2) is 11.1 Å². The molecule has 2 aromatic rings. The average Bonchev–Trinajstić information content (AvgIpc) is 3.44. The molecule has 0 bridgehead atoms. The van der Waals surface area contributed by atoms with E-state index < -0.39 is 28.0 Å². The Bertz CT molecular complexity index is 968. The number of nitro benzene ring substituents is 1. The minimum absolute atomic E-state index is 0.0986. The van der Waals surface area contributed by atoms with E-state index in [4.69, 9.17) is 0 Å². The molecule has 0 aromatic heterocycles. The molecule has 0 saturated heterocycles. The van der Waals surface area contributed by atoms with Crippen molar-refractivity contribution < 1.29 is 13.7 Å². The van der Waals surface area contributed by atoms with Gasteiger partial charge in [-0.3, -0.25) is 15.1 Å². The van der Waals surface area contributed by atoms with Gasteiger partial charge in [0.05, 0.1) is 21.9 Å². The fourth-order valence-electron chi connectivity index (χ4n) is 2.88. The summed E-state index contributed by atoms with van der Waals surface area (Å²) in [6.07, 6.45) is 2.75. The van der Waals surface area contributed by atoms with Gasteiger partial charge in [0.15, 0.2) is 0 Å². The van der Waals surface area contributed by atoms with Gasteiger partial charge in [-0.15, -0.1) is 0 Å². The lowest BCUT2D eigenvalue weighted by Gasteiger charge is -2.20. The topological polar surface area (TPSA) is 55.5 Å². The van der Waals surface area contributed by atoms with Crippen LogP contribution in [0.1, 0.15) is 30.0 Å². The highest BCUT2D eigenvalue weighted by Crippen LogP contribution is 2.57. The van der Waals surface area contributed by atoms with E-state index in [-0.39, 0.29) is 11.3 Å². The molecule has 4 nitrogen and oxygen atoms in total. The molecule has 1 aliphatic carbocycles. The molecular weight excluding hydrogens is 485 g/mol. The van der Waals surface area contributed by atoms with Crippen LogP contribution in [0, 0.1) is 38.3 Å². The van der Waals surface area contributed by atoms with Gasteiger partial charge in [0.2, 0.25) is 0 Å². The van der Waals surface area contributed by atoms with Crippen LogP contribution in [0.4, 0.5) is 14.5 Å². The second kappa shape index (κ2) is 8.35. The third-order valence-corrected chi connectivity index (χ3v) is 5.24. The van der Waals surface area contributed by atoms with Crippen LogP contribution >= 0.6 is 30.1 Å². The zero-order chi connectivity index (χ0) is 19.4. The second-order valence-corrected chi connectivity index (χ2v) is 7.80. The van der Waals surface area contributed by atoms with E-state index in [0.29, 0.717) is 18.4 Å². The van der Waals surface area contributed by atoms with Crippen molar-refractivity contribution in [2.24, 2.45) is 10.4 Å². The van der Waals surface area contributed by atoms with Gasteiger partial charge in [-0.05, 0) is 51.3 Å². The third-order valence-electron chi connectivity index (χ3n) is 4.40. The first kappa shape index (κ1) is 19.8. The lowest BCUT2D eigenvalue weighted by Crippen LogP contribution is -2.13. The van der Waals surface area contributed by atoms with Crippen molar-refractivity contribution in [3.05, 3.63) is 75.3 Å². The first-order valence-electron chi connectivity index (χ1n) is 7.98. The zero-order valence-electron chi connectivity index (χ0n) is 13.9. The van der Waals surface area contributed by atoms with E-state index in [9.17, 15) is 18.9 Å². The predicted molar refractivity (Wildman–Crippen MR) is 111 cm³/mol. The fourth-order valence-corrected chi connectivity index (χ4v) is 3.46. The highest BCUT2D eigenvalue weighted by molar-refractivity contribution is 14.2. The standard InChI is InChI=1S/C19H13F2IN2O2S/c20-14-5-6-16(21)15(11-14)18(19(7-8-19)9-10-27-22)23-12-13-3-1-2-4-17(13)24(25)26/h1-6,11-12,18H,7-8H2/b23-12+. The third kappa shape index (κ3) is 4.47. The van der Waals surface area contributed by atoms with Crippen LogP contribution in [0.25, 0.3) is 0 Å². The van der Waals surface area contributed by atoms with Crippen LogP contribution in [-0.2, 0) is 0 Å². The van der Waals surface area contributed by atoms with Crippen molar-refractivity contribution in [3.8, 4) is 11.2 Å². The Hall–Kier alpha value is -1.99. The van der Waals surface area contributed by atoms with Crippen molar-refractivity contribution in [1.82, 2.24) is 0 Å². The van der Waals surface area contributed by atoms with E-state index in [1.807, 2.05) is 21.2 Å². The maximum absolute atomic E-state index is 14.4. The van der Waals surface area contributed by atoms with Crippen molar-refractivity contribution in [3.63, 3.8) is 0 Å². The van der Waals surface area contributed by atoms with Gasteiger partial charge in [-0.2, -0.15) is 0 Å². The highest BCUT2D eigenvalue weighted by Gasteiger charge is 2.50. The Morgan fingerprint density at radius 2 is 2.04 bits per heavy atom. The van der Waals surface area contributed by atoms with Crippen LogP contribution in [0.5, 0.6) is 0 Å². The van der Waals surface area contributed by atoms with E-state index >= 15 is 0 Å². The quantitative estimate of drug-likeness (QED) is 0.171. The van der Waals surface area contributed by atoms with E-state index in [1.165, 1.54) is 21.2 Å². The van der Waals surface area contributed by atoms with Crippen LogP contribution in [0.2, 0.25) is 0 Å². The summed E-state index contributed by atoms with van der Waals surface area (Å²) in [6, 6.07) is 8.64. The first-order chi connectivity index (χ1) is 13.0. The monoisotopic (exact) mass is 498 g/mol. The molecule has 0 heterocycles. The number of rotatable bonds is 5. The molecule has 1 fully saturated rings. The molecule has 0 spiro atoms. The van der Waals surface area contributed by atoms with Crippen LogP contribution < -0.4 is 0 Å². The normalized spacial score (nSPS) is 15.8. The van der Waals surface area contributed by atoms with Crippen molar-refractivity contribution in [2.75, 3.05) is 0 Å². The average molecular weight is 498 g/mol. The lowest BCUT2D eigenvalue weighted by atomic mass is 9.90. The second-order valence-electron chi connectivity index (χ2n) is 6.12. The van der Waals surface area contributed by atoms with Crippen molar-refractivity contribution in [1.29, 1.82) is 0 Å². The molecule has 0 amide bonds. The minimum atomic E-state index is -0.746. The van der Waals surface area contributed by atoms with Crippen molar-refractivity contribution in [2.45, 2.75) is 18.9 Å². The Labute approximate surface area is 171 Å². The largest absolute Gasteiger partial charge is 0.282 e. The van der Waals surface area contributed by atoms with Crippen molar-refractivity contribution >= 4 is 42.0 Å². The number of nitro groups is 1. The minimum Gasteiger partial charge on any atom is -0.282 e. The molecule has 27 heavy (non-hydrogen) atoms. The highest BCUT2D eigenvalue weighted by atomic mass is 127. The summed E-state index contributed by atoms with van der Waals surface area (Å²) < 4.78 is 28.2. The number of para-hydroxylation sites is 1. The Morgan fingerprint density at radius 1 is 1.30 bits per heavy atom. The van der Waals surface area contributed by atoms with Gasteiger partial charge in [-0.1, -0.05) is 18.1 Å². The zero-order valence-corrected chi connectivity index (χ0v) is 16.8. The summed E-state index contributed by atoms with van der Waals surface area (Å²) in [5, 5.41) is 14.1. The molecule has 138 valence electrons. The summed E-state index contributed by atoms with van der Waals surface area (Å²) in [6.45, 7) is 0. The van der Waals surface area contributed by atoms with E-state index in [0.717, 1.165) is 18.2 Å². The summed E-state index contributed by atoms with van der Waals surface area (Å²) in [7, 11) is 1.31. The molecule has 2 aromatic carbocycles. The molecule has 8 heteroatoms. The Morgan fingerprint density at radius 3 is 2.70 bits per heavy atom. The maximum atomic E-state index is 14.4. The predicted octanol–water partition coefficient (Wildman–Crippen LogP) is 5.86. The van der Waals surface area contributed by atoms with Crippen LogP contribution in [0.15, 0.2) is 47.5 Å². The molecule has 0 radical (unpaired) electrons. The van der Waals surface area contributed by atoms with E-state index in [1.54, 1.807) is 18.2 Å². The molecule has 0 N–H and O–H groups in total. The number of benzene rings is 2. The molecule has 1 aliphatic rings. The number of halogens is 3. The Kier molecular flexibility index (Phi) is 6.11. The van der Waals surface area contributed by atoms with Gasteiger partial charge in [-0.25, -0.2) is 8.78 Å². The molecular formula is C19H13F2IN2O2S. The van der Waals surface area contributed by atoms with Gasteiger partial charge < -0.3 is 0 Å². The summed E-state index contributed by atoms with van der Waals surface area (Å²) in [5.41, 5.74) is -0.280. The number of hydrogen-bond donors (Lipinski definition) is 0. The number of aliphatic imine (C=N–C) groups is 1. The van der Waals surface area contributed by atoms with Gasteiger partial charge >= 0.3 is 0 Å². The number of nitrogens with zero attached hydrogens (tertiary/aromatic N) is 2. The van der Waals surface area contributed by atoms with Gasteiger partial charge in [0, 0.05) is 39.0 Å². The molecule has 3 rings (SSSR count). The van der Waals surface area contributed by atoms with E-state index in [2.05, 4.69) is 16.2 Å². The van der Waals surface area contributed by atoms with Gasteiger partial charge in [0.25, 0.3) is 5.69 Å². The SMILES string of the molecule is O=[N+]([O-])c1ccccc1/C=N/C(c1cc(F)ccc1F)C1(C#CSI)CC1. The number of hydrogen-bond acceptors (Lipinski definition) is 4. The molecule has 1 saturated carbocycles. The van der Waals surface area contributed by atoms with Gasteiger partial charge in [0.1, 0.15) is 11.6 Å². The molecule has 1 atom stereocenters.